The third kappa shape index (κ3) is 4.72. The fourth-order valence-corrected chi connectivity index (χ4v) is 3.50. The van der Waals surface area contributed by atoms with Gasteiger partial charge in [0.1, 0.15) is 17.4 Å². The van der Waals surface area contributed by atoms with Crippen molar-refractivity contribution in [3.63, 3.8) is 0 Å². The lowest BCUT2D eigenvalue weighted by Gasteiger charge is -2.20. The summed E-state index contributed by atoms with van der Waals surface area (Å²) in [6.45, 7) is 2.04. The van der Waals surface area contributed by atoms with Crippen LogP contribution in [0.25, 0.3) is 11.0 Å². The van der Waals surface area contributed by atoms with Crippen molar-refractivity contribution in [1.29, 1.82) is 0 Å². The van der Waals surface area contributed by atoms with E-state index in [2.05, 4.69) is 15.9 Å². The van der Waals surface area contributed by atoms with Crippen molar-refractivity contribution in [3.8, 4) is 5.75 Å². The fraction of sp³-hybridized carbons (Fsp3) is 0.238. The molecule has 0 bridgehead atoms. The number of halogens is 1. The molecule has 3 aromatic rings. The zero-order valence-corrected chi connectivity index (χ0v) is 16.8. The van der Waals surface area contributed by atoms with Gasteiger partial charge in [-0.15, -0.1) is 0 Å². The van der Waals surface area contributed by atoms with Crippen LogP contribution in [0, 0.1) is 0 Å². The largest absolute Gasteiger partial charge is 0.485 e. The molecule has 0 radical (unpaired) electrons. The highest BCUT2D eigenvalue weighted by Crippen LogP contribution is 2.33. The summed E-state index contributed by atoms with van der Waals surface area (Å²) in [4.78, 5) is 23.3. The number of hydrogen-bond acceptors (Lipinski definition) is 5. The molecular weight excluding hydrogens is 428 g/mol. The molecule has 0 amide bonds. The third-order valence-corrected chi connectivity index (χ3v) is 4.73. The first-order valence-corrected chi connectivity index (χ1v) is 9.56. The molecule has 0 aliphatic heterocycles. The minimum Gasteiger partial charge on any atom is -0.485 e. The Morgan fingerprint density at radius 3 is 2.75 bits per heavy atom. The first-order valence-electron chi connectivity index (χ1n) is 8.76. The van der Waals surface area contributed by atoms with Crippen LogP contribution in [0.3, 0.4) is 0 Å². The predicted octanol–water partition coefficient (Wildman–Crippen LogP) is 4.90. The van der Waals surface area contributed by atoms with E-state index >= 15 is 0 Å². The summed E-state index contributed by atoms with van der Waals surface area (Å²) in [6, 6.07) is 12.5. The monoisotopic (exact) mass is 446 g/mol. The van der Waals surface area contributed by atoms with Gasteiger partial charge in [0.2, 0.25) is 0 Å². The quantitative estimate of drug-likeness (QED) is 0.495. The van der Waals surface area contributed by atoms with Crippen LogP contribution in [0.2, 0.25) is 0 Å². The summed E-state index contributed by atoms with van der Waals surface area (Å²) >= 11 is 3.45. The van der Waals surface area contributed by atoms with Gasteiger partial charge in [-0.2, -0.15) is 0 Å². The van der Waals surface area contributed by atoms with Crippen LogP contribution in [0.1, 0.15) is 30.6 Å². The number of rotatable bonds is 8. The average Bonchev–Trinajstić information content (AvgIpc) is 3.12. The van der Waals surface area contributed by atoms with Crippen molar-refractivity contribution in [1.82, 2.24) is 0 Å². The summed E-state index contributed by atoms with van der Waals surface area (Å²) in [6.07, 6.45) is 0.648. The second-order valence-corrected chi connectivity index (χ2v) is 6.99. The molecule has 0 saturated carbocycles. The summed E-state index contributed by atoms with van der Waals surface area (Å²) in [7, 11) is 0. The minimum absolute atomic E-state index is 0.0499. The molecule has 0 aliphatic carbocycles. The van der Waals surface area contributed by atoms with Gasteiger partial charge in [0.15, 0.2) is 0 Å². The van der Waals surface area contributed by atoms with E-state index < -0.39 is 12.1 Å². The summed E-state index contributed by atoms with van der Waals surface area (Å²) in [5.41, 5.74) is 2.01. The van der Waals surface area contributed by atoms with Crippen molar-refractivity contribution in [2.45, 2.75) is 25.9 Å². The first-order chi connectivity index (χ1) is 13.5. The highest BCUT2D eigenvalue weighted by atomic mass is 79.9. The van der Waals surface area contributed by atoms with E-state index in [1.807, 2.05) is 6.07 Å². The molecule has 2 aromatic carbocycles. The van der Waals surface area contributed by atoms with Crippen LogP contribution in [0.4, 0.5) is 0 Å². The Bertz CT molecular complexity index is 993. The van der Waals surface area contributed by atoms with Crippen molar-refractivity contribution < 1.29 is 28.6 Å². The summed E-state index contributed by atoms with van der Waals surface area (Å²) < 4.78 is 17.2. The Morgan fingerprint density at radius 2 is 2.00 bits per heavy atom. The number of ether oxygens (including phenoxy) is 2. The van der Waals surface area contributed by atoms with Crippen molar-refractivity contribution in [2.75, 3.05) is 6.61 Å². The average molecular weight is 447 g/mol. The molecule has 0 aliphatic rings. The maximum atomic E-state index is 11.9. The van der Waals surface area contributed by atoms with E-state index in [9.17, 15) is 14.7 Å². The number of esters is 1. The smallest absolute Gasteiger partial charge is 0.310 e. The number of aliphatic carboxylic acids is 1. The first kappa shape index (κ1) is 19.9. The molecule has 1 atom stereocenters. The van der Waals surface area contributed by atoms with Crippen molar-refractivity contribution >= 4 is 38.8 Å². The Kier molecular flexibility index (Phi) is 6.36. The molecule has 0 fully saturated rings. The molecule has 0 saturated heterocycles. The molecule has 6 nitrogen and oxygen atoms in total. The van der Waals surface area contributed by atoms with Gasteiger partial charge >= 0.3 is 11.9 Å². The topological polar surface area (TPSA) is 86.0 Å². The van der Waals surface area contributed by atoms with Crippen LogP contribution in [-0.4, -0.2) is 23.7 Å². The third-order valence-electron chi connectivity index (χ3n) is 4.14. The molecule has 1 unspecified atom stereocenters. The second-order valence-electron chi connectivity index (χ2n) is 6.14. The predicted molar refractivity (Wildman–Crippen MR) is 106 cm³/mol. The number of hydrogen-bond donors (Lipinski definition) is 1. The number of carboxylic acid groups (broad SMARTS) is 1. The highest BCUT2D eigenvalue weighted by molar-refractivity contribution is 9.10. The van der Waals surface area contributed by atoms with Crippen molar-refractivity contribution in [3.05, 3.63) is 64.3 Å². The molecule has 0 spiro atoms. The number of benzene rings is 2. The van der Waals surface area contributed by atoms with Crippen molar-refractivity contribution in [2.24, 2.45) is 0 Å². The van der Waals surface area contributed by atoms with E-state index in [0.29, 0.717) is 33.5 Å². The van der Waals surface area contributed by atoms with Gasteiger partial charge in [-0.3, -0.25) is 9.59 Å². The van der Waals surface area contributed by atoms with Crippen LogP contribution in [-0.2, 0) is 20.7 Å². The number of carboxylic acids is 1. The van der Waals surface area contributed by atoms with Gasteiger partial charge in [0, 0.05) is 10.9 Å². The number of furan rings is 1. The number of fused-ring (bicyclic) bond motifs is 1. The summed E-state index contributed by atoms with van der Waals surface area (Å²) in [5.74, 6) is -0.905. The van der Waals surface area contributed by atoms with Gasteiger partial charge in [0.05, 0.1) is 30.2 Å². The van der Waals surface area contributed by atoms with E-state index in [4.69, 9.17) is 13.9 Å². The molecule has 28 heavy (non-hydrogen) atoms. The van der Waals surface area contributed by atoms with E-state index in [-0.39, 0.29) is 18.8 Å². The molecule has 7 heteroatoms. The number of carbonyl (C=O) groups excluding carboxylic acids is 1. The van der Waals surface area contributed by atoms with E-state index in [0.717, 1.165) is 5.39 Å². The SMILES string of the molecule is CCOC(=O)Cc1ccccc1OC(CC(=O)O)c1cc(Br)c2occc2c1. The van der Waals surface area contributed by atoms with Gasteiger partial charge < -0.3 is 19.0 Å². The molecule has 146 valence electrons. The highest BCUT2D eigenvalue weighted by Gasteiger charge is 2.21. The zero-order valence-electron chi connectivity index (χ0n) is 15.2. The van der Waals surface area contributed by atoms with E-state index in [1.165, 1.54) is 0 Å². The molecule has 1 aromatic heterocycles. The normalized spacial score (nSPS) is 11.9. The molecule has 3 rings (SSSR count). The lowest BCUT2D eigenvalue weighted by Crippen LogP contribution is -2.15. The molecular formula is C21H19BrO6. The maximum Gasteiger partial charge on any atom is 0.310 e. The van der Waals surface area contributed by atoms with Crippen LogP contribution in [0.5, 0.6) is 5.75 Å². The van der Waals surface area contributed by atoms with Crippen LogP contribution in [0.15, 0.2) is 57.6 Å². The second kappa shape index (κ2) is 8.93. The Labute approximate surface area is 170 Å². The number of para-hydroxylation sites is 1. The Morgan fingerprint density at radius 1 is 1.21 bits per heavy atom. The van der Waals surface area contributed by atoms with Gasteiger partial charge in [-0.25, -0.2) is 0 Å². The maximum absolute atomic E-state index is 11.9. The van der Waals surface area contributed by atoms with Crippen LogP contribution < -0.4 is 4.74 Å². The Hall–Kier alpha value is -2.80. The lowest BCUT2D eigenvalue weighted by molar-refractivity contribution is -0.142. The van der Waals surface area contributed by atoms with Gasteiger partial charge in [-0.1, -0.05) is 18.2 Å². The Balaban J connectivity index is 1.93. The van der Waals surface area contributed by atoms with Gasteiger partial charge in [0.25, 0.3) is 0 Å². The molecule has 1 heterocycles. The van der Waals surface area contributed by atoms with Crippen LogP contribution >= 0.6 is 15.9 Å². The molecule has 1 N–H and O–H groups in total. The van der Waals surface area contributed by atoms with Gasteiger partial charge in [-0.05, 0) is 52.7 Å². The fourth-order valence-electron chi connectivity index (χ4n) is 2.92. The zero-order chi connectivity index (χ0) is 20.1. The number of carbonyl (C=O) groups is 2. The summed E-state index contributed by atoms with van der Waals surface area (Å²) in [5, 5.41) is 10.2. The lowest BCUT2D eigenvalue weighted by atomic mass is 10.0. The van der Waals surface area contributed by atoms with E-state index in [1.54, 1.807) is 49.6 Å². The minimum atomic E-state index is -0.990. The standard InChI is InChI=1S/C21H19BrO6/c1-2-26-20(25)11-13-5-3-4-6-17(13)28-18(12-19(23)24)15-9-14-7-8-27-21(14)16(22)10-15/h3-10,18H,2,11-12H2,1H3,(H,23,24).